The summed E-state index contributed by atoms with van der Waals surface area (Å²) in [5.41, 5.74) is 13.3. The van der Waals surface area contributed by atoms with E-state index in [1.54, 1.807) is 22.7 Å². The number of rotatable bonds is 6. The van der Waals surface area contributed by atoms with Gasteiger partial charge in [0, 0.05) is 73.0 Å². The van der Waals surface area contributed by atoms with Gasteiger partial charge in [-0.25, -0.2) is 4.85 Å². The minimum atomic E-state index is 0.401. The second kappa shape index (κ2) is 16.5. The van der Waals surface area contributed by atoms with Gasteiger partial charge < -0.3 is 9.13 Å². The third-order valence-corrected chi connectivity index (χ3v) is 17.3. The van der Waals surface area contributed by atoms with Crippen molar-refractivity contribution >= 4 is 112 Å². The van der Waals surface area contributed by atoms with Crippen molar-refractivity contribution in [1.82, 2.24) is 9.13 Å². The van der Waals surface area contributed by atoms with Crippen LogP contribution in [0, 0.1) is 17.9 Å². The Labute approximate surface area is 433 Å². The highest BCUT2D eigenvalue weighted by Crippen LogP contribution is 2.55. The highest BCUT2D eigenvalue weighted by Gasteiger charge is 2.33. The first kappa shape index (κ1) is 42.2. The molecule has 0 bridgehead atoms. The van der Waals surface area contributed by atoms with Crippen LogP contribution >= 0.6 is 22.7 Å². The fraction of sp³-hybridized carbons (Fsp3) is 0. The van der Waals surface area contributed by atoms with Crippen LogP contribution in [0.4, 0.5) is 5.69 Å². The van der Waals surface area contributed by atoms with Gasteiger partial charge in [0.05, 0.1) is 45.6 Å². The van der Waals surface area contributed by atoms with E-state index in [-0.39, 0.29) is 0 Å². The molecule has 0 saturated heterocycles. The summed E-state index contributed by atoms with van der Waals surface area (Å²) >= 11 is 3.58. The molecule has 0 unspecified atom stereocenters. The molecule has 0 aliphatic carbocycles. The standard InChI is InChI=1S/C68H38N4S2/c1-70-66-64(49-30-10-8-24-43(49)41-20-4-2-5-21-41)55(40-69)67(71-56-32-16-12-26-45(56)51-36-53-47-28-14-18-34-60(47)73-62(53)38-58(51)71)65(50-31-11-9-25-44(50)42-22-6-3-7-23-42)68(66)72-57-33-17-13-27-46(57)52-37-54-48-29-15-19-35-61(48)74-63(54)39-59(52)72/h2-39H. The van der Waals surface area contributed by atoms with Gasteiger partial charge in [-0.15, -0.1) is 22.7 Å². The lowest BCUT2D eigenvalue weighted by Crippen LogP contribution is -2.09. The molecule has 4 nitrogen and oxygen atoms in total. The predicted octanol–water partition coefficient (Wildman–Crippen LogP) is 19.7. The Hall–Kier alpha value is -9.56. The Balaban J connectivity index is 1.22. The second-order valence-corrected chi connectivity index (χ2v) is 21.0. The van der Waals surface area contributed by atoms with Crippen LogP contribution < -0.4 is 0 Å². The van der Waals surface area contributed by atoms with Crippen LogP contribution in [0.1, 0.15) is 5.56 Å². The van der Waals surface area contributed by atoms with Crippen LogP contribution in [-0.4, -0.2) is 9.13 Å². The molecular weight excluding hydrogens is 937 g/mol. The maximum atomic E-state index is 12.4. The number of fused-ring (bicyclic) bond motifs is 12. The zero-order chi connectivity index (χ0) is 49.0. The number of nitriles is 1. The first-order chi connectivity index (χ1) is 36.7. The van der Waals surface area contributed by atoms with E-state index in [1.165, 1.54) is 30.9 Å². The molecule has 0 amide bonds. The van der Waals surface area contributed by atoms with Crippen molar-refractivity contribution in [3.63, 3.8) is 0 Å². The molecule has 0 N–H and O–H groups in total. The van der Waals surface area contributed by atoms with Gasteiger partial charge in [0.25, 0.3) is 0 Å². The molecule has 4 aromatic heterocycles. The molecule has 0 fully saturated rings. The summed E-state index contributed by atoms with van der Waals surface area (Å²) in [6.07, 6.45) is 0. The van der Waals surface area contributed by atoms with Crippen molar-refractivity contribution in [2.75, 3.05) is 0 Å². The molecule has 342 valence electrons. The van der Waals surface area contributed by atoms with E-state index in [0.29, 0.717) is 16.8 Å². The highest BCUT2D eigenvalue weighted by atomic mass is 32.1. The van der Waals surface area contributed by atoms with E-state index in [1.807, 2.05) is 36.4 Å². The number of hydrogen-bond acceptors (Lipinski definition) is 3. The SMILES string of the molecule is [C-]#[N+]c1c(-c2ccccc2-c2ccccc2)c(C#N)c(-n2c3ccccc3c3cc4c(cc32)sc2ccccc24)c(-c2ccccc2-c2ccccc2)c1-n1c2ccccc2c2cc3c(cc21)sc1ccccc13. The third kappa shape index (κ3) is 6.11. The van der Waals surface area contributed by atoms with Crippen molar-refractivity contribution in [2.24, 2.45) is 0 Å². The van der Waals surface area contributed by atoms with Crippen molar-refractivity contribution in [2.45, 2.75) is 0 Å². The molecular formula is C68H38N4S2. The first-order valence-electron chi connectivity index (χ1n) is 24.7. The van der Waals surface area contributed by atoms with Gasteiger partial charge in [-0.05, 0) is 81.9 Å². The van der Waals surface area contributed by atoms with E-state index in [9.17, 15) is 11.8 Å². The lowest BCUT2D eigenvalue weighted by Gasteiger charge is -2.27. The van der Waals surface area contributed by atoms with E-state index < -0.39 is 0 Å². The zero-order valence-electron chi connectivity index (χ0n) is 39.5. The summed E-state index contributed by atoms with van der Waals surface area (Å²) in [6, 6.07) is 84.5. The Bertz CT molecular complexity index is 4690. The Morgan fingerprint density at radius 1 is 0.351 bits per heavy atom. The Morgan fingerprint density at radius 2 is 0.757 bits per heavy atom. The molecule has 0 radical (unpaired) electrons. The number of para-hydroxylation sites is 2. The van der Waals surface area contributed by atoms with Crippen LogP contribution in [0.25, 0.3) is 145 Å². The lowest BCUT2D eigenvalue weighted by molar-refractivity contribution is 1.14. The quantitative estimate of drug-likeness (QED) is 0.153. The van der Waals surface area contributed by atoms with Gasteiger partial charge in [0.15, 0.2) is 0 Å². The molecule has 0 spiro atoms. The van der Waals surface area contributed by atoms with Crippen LogP contribution in [-0.2, 0) is 0 Å². The van der Waals surface area contributed by atoms with E-state index >= 15 is 0 Å². The Morgan fingerprint density at radius 3 is 1.24 bits per heavy atom. The minimum absolute atomic E-state index is 0.401. The molecule has 6 heteroatoms. The van der Waals surface area contributed by atoms with Crippen molar-refractivity contribution in [3.8, 4) is 62.0 Å². The second-order valence-electron chi connectivity index (χ2n) is 18.9. The smallest absolute Gasteiger partial charge is 0.220 e. The number of hydrogen-bond donors (Lipinski definition) is 0. The largest absolute Gasteiger partial charge is 0.318 e. The number of aromatic nitrogens is 2. The summed E-state index contributed by atoms with van der Waals surface area (Å²) in [7, 11) is 0. The average Bonchev–Trinajstić information content (AvgIpc) is 4.20. The fourth-order valence-electron chi connectivity index (χ4n) is 11.9. The normalized spacial score (nSPS) is 11.8. The van der Waals surface area contributed by atoms with Crippen molar-refractivity contribution in [1.29, 1.82) is 5.26 Å². The number of benzene rings is 11. The van der Waals surface area contributed by atoms with Gasteiger partial charge in [-0.3, -0.25) is 0 Å². The molecule has 74 heavy (non-hydrogen) atoms. The first-order valence-corrected chi connectivity index (χ1v) is 26.3. The van der Waals surface area contributed by atoms with Crippen LogP contribution in [0.3, 0.4) is 0 Å². The highest BCUT2D eigenvalue weighted by molar-refractivity contribution is 7.26. The van der Waals surface area contributed by atoms with Gasteiger partial charge in [-0.1, -0.05) is 182 Å². The molecule has 0 aliphatic heterocycles. The summed E-state index contributed by atoms with van der Waals surface area (Å²) in [4.78, 5) is 4.73. The number of thiophene rings is 2. The molecule has 0 aliphatic rings. The average molecular weight is 975 g/mol. The number of nitrogens with zero attached hydrogens (tertiary/aromatic N) is 4. The summed E-state index contributed by atoms with van der Waals surface area (Å²) in [5, 5.41) is 21.6. The van der Waals surface area contributed by atoms with Gasteiger partial charge in [-0.2, -0.15) is 5.26 Å². The van der Waals surface area contributed by atoms with Crippen LogP contribution in [0.2, 0.25) is 0 Å². The zero-order valence-corrected chi connectivity index (χ0v) is 41.2. The van der Waals surface area contributed by atoms with Crippen LogP contribution in [0.5, 0.6) is 0 Å². The topological polar surface area (TPSA) is 38.0 Å². The van der Waals surface area contributed by atoms with Gasteiger partial charge in [0.2, 0.25) is 5.69 Å². The maximum Gasteiger partial charge on any atom is 0.220 e. The van der Waals surface area contributed by atoms with E-state index in [0.717, 1.165) is 103 Å². The fourth-order valence-corrected chi connectivity index (χ4v) is 14.1. The molecule has 15 rings (SSSR count). The van der Waals surface area contributed by atoms with Gasteiger partial charge in [0.1, 0.15) is 6.07 Å². The molecule has 0 saturated carbocycles. The minimum Gasteiger partial charge on any atom is -0.318 e. The van der Waals surface area contributed by atoms with Crippen molar-refractivity contribution in [3.05, 3.63) is 248 Å². The Kier molecular flexibility index (Phi) is 9.40. The van der Waals surface area contributed by atoms with Crippen LogP contribution in [0.15, 0.2) is 231 Å². The molecule has 4 heterocycles. The van der Waals surface area contributed by atoms with E-state index in [2.05, 4.69) is 209 Å². The van der Waals surface area contributed by atoms with E-state index in [4.69, 9.17) is 4.85 Å². The van der Waals surface area contributed by atoms with Gasteiger partial charge >= 0.3 is 0 Å². The molecule has 0 atom stereocenters. The lowest BCUT2D eigenvalue weighted by atomic mass is 9.84. The molecule has 15 aromatic rings. The summed E-state index contributed by atoms with van der Waals surface area (Å²) in [5.74, 6) is 0. The van der Waals surface area contributed by atoms with Crippen molar-refractivity contribution < 1.29 is 0 Å². The molecule has 11 aromatic carbocycles. The summed E-state index contributed by atoms with van der Waals surface area (Å²) < 4.78 is 9.49. The maximum absolute atomic E-state index is 12.4. The third-order valence-electron chi connectivity index (χ3n) is 15.0. The summed E-state index contributed by atoms with van der Waals surface area (Å²) in [6.45, 7) is 9.67. The predicted molar refractivity (Wildman–Crippen MR) is 314 cm³/mol. The monoisotopic (exact) mass is 974 g/mol.